The van der Waals surface area contributed by atoms with Gasteiger partial charge in [-0.2, -0.15) is 15.8 Å². The Labute approximate surface area is 355 Å². The van der Waals surface area contributed by atoms with Gasteiger partial charge in [-0.25, -0.2) is 14.5 Å². The molecule has 8 nitrogen and oxygen atoms in total. The summed E-state index contributed by atoms with van der Waals surface area (Å²) in [7, 11) is 0. The molecule has 8 aromatic carbocycles. The van der Waals surface area contributed by atoms with E-state index in [0.717, 1.165) is 77.2 Å². The Balaban J connectivity index is 1.14. The van der Waals surface area contributed by atoms with Gasteiger partial charge in [-0.05, 0) is 118 Å². The quantitative estimate of drug-likeness (QED) is 0.163. The molecule has 10 rings (SSSR count). The number of nitrogens with zero attached hydrogens (tertiary/aromatic N) is 8. The van der Waals surface area contributed by atoms with E-state index in [1.54, 1.807) is 36.4 Å². The first kappa shape index (κ1) is 36.6. The lowest BCUT2D eigenvalue weighted by atomic mass is 9.97. The SMILES string of the molecule is [C-]#[N+]c1ccc(-c2ccc3c(c2)c2ccccc2n3-c2ccc(C#N)c(-c3cc(-n4c5ccccc5c5cc(-c6ccc(C#N)cc6[N+]#[C-])ccc54)ccc3[N+]#[C-])c2)c(C#N)c1. The maximum absolute atomic E-state index is 10.5. The highest BCUT2D eigenvalue weighted by molar-refractivity contribution is 6.12. The van der Waals surface area contributed by atoms with Crippen LogP contribution in [-0.4, -0.2) is 9.13 Å². The lowest BCUT2D eigenvalue weighted by molar-refractivity contribution is 1.17. The van der Waals surface area contributed by atoms with Crippen LogP contribution < -0.4 is 0 Å². The molecule has 0 atom stereocenters. The number of hydrogen-bond donors (Lipinski definition) is 0. The molecule has 10 aromatic rings. The Kier molecular flexibility index (Phi) is 8.62. The molecule has 2 heterocycles. The zero-order valence-corrected chi connectivity index (χ0v) is 32.6. The maximum Gasteiger partial charge on any atom is 0.196 e. The number of para-hydroxylation sites is 2. The summed E-state index contributed by atoms with van der Waals surface area (Å²) < 4.78 is 4.32. The molecular formula is C54H26N8. The first-order chi connectivity index (χ1) is 30.5. The molecule has 0 bridgehead atoms. The third kappa shape index (κ3) is 5.71. The van der Waals surface area contributed by atoms with Gasteiger partial charge in [-0.1, -0.05) is 72.8 Å². The van der Waals surface area contributed by atoms with E-state index in [1.807, 2.05) is 84.9 Å². The van der Waals surface area contributed by atoms with E-state index >= 15 is 0 Å². The second-order valence-corrected chi connectivity index (χ2v) is 14.7. The van der Waals surface area contributed by atoms with Crippen LogP contribution in [-0.2, 0) is 0 Å². The normalized spacial score (nSPS) is 10.8. The summed E-state index contributed by atoms with van der Waals surface area (Å²) in [5, 5.41) is 33.9. The second kappa shape index (κ2) is 14.6. The molecule has 0 saturated carbocycles. The van der Waals surface area contributed by atoms with Crippen LogP contribution in [0.25, 0.3) is 103 Å². The van der Waals surface area contributed by atoms with Gasteiger partial charge in [0.2, 0.25) is 0 Å². The van der Waals surface area contributed by atoms with Crippen LogP contribution in [0.1, 0.15) is 16.7 Å². The van der Waals surface area contributed by atoms with Gasteiger partial charge in [-0.15, -0.1) is 0 Å². The highest BCUT2D eigenvalue weighted by atomic mass is 15.0. The van der Waals surface area contributed by atoms with E-state index < -0.39 is 0 Å². The molecule has 282 valence electrons. The molecule has 0 N–H and O–H groups in total. The lowest BCUT2D eigenvalue weighted by Gasteiger charge is -2.15. The Bertz CT molecular complexity index is 3590. The summed E-state index contributed by atoms with van der Waals surface area (Å²) in [6, 6.07) is 57.0. The van der Waals surface area contributed by atoms with E-state index in [9.17, 15) is 15.8 Å². The molecule has 0 aliphatic rings. The van der Waals surface area contributed by atoms with Crippen LogP contribution in [0.5, 0.6) is 0 Å². The molecular weight excluding hydrogens is 761 g/mol. The summed E-state index contributed by atoms with van der Waals surface area (Å²) in [5.74, 6) is 0. The highest BCUT2D eigenvalue weighted by Gasteiger charge is 2.20. The van der Waals surface area contributed by atoms with E-state index in [0.29, 0.717) is 44.9 Å². The fraction of sp³-hybridized carbons (Fsp3) is 0. The molecule has 0 spiro atoms. The van der Waals surface area contributed by atoms with Gasteiger partial charge in [-0.3, -0.25) is 0 Å². The summed E-state index contributed by atoms with van der Waals surface area (Å²) in [6.07, 6.45) is 0. The molecule has 0 unspecified atom stereocenters. The average Bonchev–Trinajstić information content (AvgIpc) is 3.85. The van der Waals surface area contributed by atoms with Gasteiger partial charge in [0.1, 0.15) is 0 Å². The van der Waals surface area contributed by atoms with Crippen LogP contribution in [0.15, 0.2) is 158 Å². The molecule has 0 saturated heterocycles. The van der Waals surface area contributed by atoms with Crippen molar-refractivity contribution < 1.29 is 0 Å². The largest absolute Gasteiger partial charge is 0.309 e. The van der Waals surface area contributed by atoms with Gasteiger partial charge < -0.3 is 9.13 Å². The molecule has 0 amide bonds. The lowest BCUT2D eigenvalue weighted by Crippen LogP contribution is -1.98. The van der Waals surface area contributed by atoms with Crippen molar-refractivity contribution in [2.75, 3.05) is 0 Å². The van der Waals surface area contributed by atoms with Gasteiger partial charge in [0, 0.05) is 44.0 Å². The molecule has 0 aliphatic heterocycles. The van der Waals surface area contributed by atoms with Crippen molar-refractivity contribution in [3.05, 3.63) is 209 Å². The van der Waals surface area contributed by atoms with Crippen molar-refractivity contribution >= 4 is 60.7 Å². The molecule has 0 radical (unpaired) electrons. The van der Waals surface area contributed by atoms with Crippen LogP contribution in [0.3, 0.4) is 0 Å². The zero-order chi connectivity index (χ0) is 42.5. The summed E-state index contributed by atoms with van der Waals surface area (Å²) in [4.78, 5) is 11.2. The Morgan fingerprint density at radius 2 is 0.952 bits per heavy atom. The van der Waals surface area contributed by atoms with Crippen molar-refractivity contribution in [2.24, 2.45) is 0 Å². The number of fused-ring (bicyclic) bond motifs is 6. The fourth-order valence-electron chi connectivity index (χ4n) is 8.69. The number of benzene rings is 8. The summed E-state index contributed by atoms with van der Waals surface area (Å²) >= 11 is 0. The van der Waals surface area contributed by atoms with Crippen LogP contribution >= 0.6 is 0 Å². The topological polar surface area (TPSA) is 94.3 Å². The average molecular weight is 787 g/mol. The van der Waals surface area contributed by atoms with E-state index in [-0.39, 0.29) is 0 Å². The minimum atomic E-state index is 0.405. The third-order valence-electron chi connectivity index (χ3n) is 11.5. The van der Waals surface area contributed by atoms with Crippen molar-refractivity contribution in [3.63, 3.8) is 0 Å². The Morgan fingerprint density at radius 3 is 1.55 bits per heavy atom. The van der Waals surface area contributed by atoms with Gasteiger partial charge in [0.05, 0.1) is 65.6 Å². The van der Waals surface area contributed by atoms with Crippen LogP contribution in [0, 0.1) is 53.7 Å². The number of nitriles is 3. The predicted molar refractivity (Wildman–Crippen MR) is 244 cm³/mol. The monoisotopic (exact) mass is 786 g/mol. The number of aromatic nitrogens is 2. The van der Waals surface area contributed by atoms with Crippen molar-refractivity contribution in [3.8, 4) is 63.0 Å². The Hall–Kier alpha value is -9.70. The molecule has 0 aliphatic carbocycles. The first-order valence-corrected chi connectivity index (χ1v) is 19.4. The zero-order valence-electron chi connectivity index (χ0n) is 32.6. The molecule has 0 fully saturated rings. The second-order valence-electron chi connectivity index (χ2n) is 14.7. The van der Waals surface area contributed by atoms with Crippen LogP contribution in [0.4, 0.5) is 17.1 Å². The third-order valence-corrected chi connectivity index (χ3v) is 11.5. The Morgan fingerprint density at radius 1 is 0.387 bits per heavy atom. The standard InChI is InChI=1S/C54H26N8/c1-58-38-16-20-41(37(25-38)32-57)34-14-22-53-47(26-34)43-8-4-6-10-51(43)61(53)39-17-13-36(31-56)45(28-39)46-29-40(18-21-49(46)59-2)62-52-11-7-5-9-44(52)48-27-35(15-23-54(48)62)42-19-12-33(30-55)24-50(42)60-3/h4-29H. The van der Waals surface area contributed by atoms with Crippen LogP contribution in [0.2, 0.25) is 0 Å². The van der Waals surface area contributed by atoms with E-state index in [1.165, 1.54) is 0 Å². The van der Waals surface area contributed by atoms with Crippen molar-refractivity contribution in [1.82, 2.24) is 9.13 Å². The van der Waals surface area contributed by atoms with E-state index in [2.05, 4.69) is 78.3 Å². The minimum absolute atomic E-state index is 0.405. The minimum Gasteiger partial charge on any atom is -0.309 e. The van der Waals surface area contributed by atoms with E-state index in [4.69, 9.17) is 19.7 Å². The maximum atomic E-state index is 10.5. The predicted octanol–water partition coefficient (Wildman–Crippen LogP) is 14.1. The molecule has 62 heavy (non-hydrogen) atoms. The first-order valence-electron chi connectivity index (χ1n) is 19.4. The molecule has 8 heteroatoms. The van der Waals surface area contributed by atoms with Gasteiger partial charge in [0.15, 0.2) is 17.1 Å². The summed E-state index contributed by atoms with van der Waals surface area (Å²) in [6.45, 7) is 23.5. The van der Waals surface area contributed by atoms with Crippen molar-refractivity contribution in [2.45, 2.75) is 0 Å². The molecule has 2 aromatic heterocycles. The number of hydrogen-bond acceptors (Lipinski definition) is 3. The summed E-state index contributed by atoms with van der Waals surface area (Å²) in [5.41, 5.74) is 12.3. The highest BCUT2D eigenvalue weighted by Crippen LogP contribution is 2.42. The van der Waals surface area contributed by atoms with Gasteiger partial charge in [0.25, 0.3) is 0 Å². The van der Waals surface area contributed by atoms with Gasteiger partial charge >= 0.3 is 0 Å². The smallest absolute Gasteiger partial charge is 0.196 e. The number of rotatable bonds is 5. The van der Waals surface area contributed by atoms with Crippen molar-refractivity contribution in [1.29, 1.82) is 15.8 Å². The fourth-order valence-corrected chi connectivity index (χ4v) is 8.69.